The zero-order chi connectivity index (χ0) is 20.6. The van der Waals surface area contributed by atoms with Gasteiger partial charge in [-0.15, -0.1) is 0 Å². The molecule has 2 aromatic carbocycles. The number of aromatic nitrogens is 1. The smallest absolute Gasteiger partial charge is 0.339 e. The maximum atomic E-state index is 12.1. The minimum atomic E-state index is -0.411. The second-order valence-corrected chi connectivity index (χ2v) is 7.02. The average Bonchev–Trinajstić information content (AvgIpc) is 2.75. The van der Waals surface area contributed by atoms with Crippen molar-refractivity contribution < 1.29 is 9.53 Å². The van der Waals surface area contributed by atoms with Crippen molar-refractivity contribution in [3.05, 3.63) is 95.3 Å². The predicted octanol–water partition coefficient (Wildman–Crippen LogP) is 4.58. The SMILES string of the molecule is COC(=O)c1ccccc1NC(=S)N(Cc1ccc(C)cc1)Cc1ccccn1. The molecule has 0 aliphatic carbocycles. The van der Waals surface area contributed by atoms with Gasteiger partial charge < -0.3 is 15.0 Å². The van der Waals surface area contributed by atoms with Crippen LogP contribution in [0.4, 0.5) is 5.69 Å². The van der Waals surface area contributed by atoms with Gasteiger partial charge >= 0.3 is 5.97 Å². The van der Waals surface area contributed by atoms with Crippen LogP contribution in [0, 0.1) is 6.92 Å². The second-order valence-electron chi connectivity index (χ2n) is 6.63. The minimum absolute atomic E-state index is 0.411. The number of nitrogens with one attached hydrogen (secondary N) is 1. The summed E-state index contributed by atoms with van der Waals surface area (Å²) in [5.74, 6) is -0.411. The Labute approximate surface area is 176 Å². The lowest BCUT2D eigenvalue weighted by Gasteiger charge is -2.26. The van der Waals surface area contributed by atoms with Gasteiger partial charge in [-0.3, -0.25) is 4.98 Å². The molecule has 0 atom stereocenters. The van der Waals surface area contributed by atoms with E-state index < -0.39 is 5.97 Å². The third-order valence-corrected chi connectivity index (χ3v) is 4.79. The molecule has 0 aliphatic heterocycles. The maximum absolute atomic E-state index is 12.1. The topological polar surface area (TPSA) is 54.5 Å². The Bertz CT molecular complexity index is 975. The lowest BCUT2D eigenvalue weighted by Crippen LogP contribution is -2.34. The van der Waals surface area contributed by atoms with Crippen LogP contribution in [-0.4, -0.2) is 28.1 Å². The largest absolute Gasteiger partial charge is 0.465 e. The molecule has 0 aliphatic rings. The van der Waals surface area contributed by atoms with Gasteiger partial charge in [-0.2, -0.15) is 0 Å². The fraction of sp³-hybridized carbons (Fsp3) is 0.174. The Morgan fingerprint density at radius 2 is 1.76 bits per heavy atom. The van der Waals surface area contributed by atoms with Crippen LogP contribution in [0.5, 0.6) is 0 Å². The van der Waals surface area contributed by atoms with Gasteiger partial charge in [0.1, 0.15) is 0 Å². The summed E-state index contributed by atoms with van der Waals surface area (Å²) in [5, 5.41) is 3.71. The number of para-hydroxylation sites is 1. The number of aryl methyl sites for hydroxylation is 1. The Morgan fingerprint density at radius 1 is 1.03 bits per heavy atom. The third kappa shape index (κ3) is 5.62. The number of thiocarbonyl (C=S) groups is 1. The van der Waals surface area contributed by atoms with Crippen molar-refractivity contribution in [3.63, 3.8) is 0 Å². The fourth-order valence-electron chi connectivity index (χ4n) is 2.87. The van der Waals surface area contributed by atoms with E-state index in [1.54, 1.807) is 18.3 Å². The van der Waals surface area contributed by atoms with Crippen molar-refractivity contribution in [1.82, 2.24) is 9.88 Å². The highest BCUT2D eigenvalue weighted by molar-refractivity contribution is 7.80. The number of benzene rings is 2. The van der Waals surface area contributed by atoms with Crippen LogP contribution in [-0.2, 0) is 17.8 Å². The summed E-state index contributed by atoms with van der Waals surface area (Å²) in [4.78, 5) is 18.5. The maximum Gasteiger partial charge on any atom is 0.339 e. The van der Waals surface area contributed by atoms with Crippen molar-refractivity contribution in [3.8, 4) is 0 Å². The number of carbonyl (C=O) groups excluding carboxylic acids is 1. The van der Waals surface area contributed by atoms with Gasteiger partial charge in [0.15, 0.2) is 5.11 Å². The summed E-state index contributed by atoms with van der Waals surface area (Å²) >= 11 is 5.70. The molecule has 0 saturated carbocycles. The molecule has 0 radical (unpaired) electrons. The first-order valence-electron chi connectivity index (χ1n) is 9.25. The fourth-order valence-corrected chi connectivity index (χ4v) is 3.11. The molecular weight excluding hydrogens is 382 g/mol. The molecule has 1 N–H and O–H groups in total. The molecular formula is C23H23N3O2S. The summed E-state index contributed by atoms with van der Waals surface area (Å²) in [5.41, 5.74) is 4.30. The first-order chi connectivity index (χ1) is 14.1. The first-order valence-corrected chi connectivity index (χ1v) is 9.66. The van der Waals surface area contributed by atoms with E-state index in [0.29, 0.717) is 29.5 Å². The Balaban J connectivity index is 1.84. The molecule has 3 aromatic rings. The highest BCUT2D eigenvalue weighted by atomic mass is 32.1. The van der Waals surface area contributed by atoms with E-state index in [2.05, 4.69) is 41.5 Å². The standard InChI is InChI=1S/C23H23N3O2S/c1-17-10-12-18(13-11-17)15-26(16-19-7-5-6-14-24-19)23(29)25-21-9-4-3-8-20(21)22(27)28-2/h3-14H,15-16H2,1-2H3,(H,25,29). The van der Waals surface area contributed by atoms with Crippen LogP contribution in [0.1, 0.15) is 27.2 Å². The number of pyridine rings is 1. The number of anilines is 1. The van der Waals surface area contributed by atoms with E-state index in [9.17, 15) is 4.79 Å². The van der Waals surface area contributed by atoms with Gasteiger partial charge in [0, 0.05) is 12.7 Å². The van der Waals surface area contributed by atoms with Crippen molar-refractivity contribution >= 4 is 29.0 Å². The molecule has 148 valence electrons. The quantitative estimate of drug-likeness (QED) is 0.479. The van der Waals surface area contributed by atoms with Crippen LogP contribution >= 0.6 is 12.2 Å². The van der Waals surface area contributed by atoms with Crippen molar-refractivity contribution in [2.24, 2.45) is 0 Å². The Kier molecular flexibility index (Phi) is 6.92. The van der Waals surface area contributed by atoms with Crippen LogP contribution in [0.15, 0.2) is 72.9 Å². The molecule has 1 heterocycles. The van der Waals surface area contributed by atoms with Gasteiger partial charge in [-0.1, -0.05) is 48.0 Å². The molecule has 0 unspecified atom stereocenters. The molecule has 3 rings (SSSR count). The van der Waals surface area contributed by atoms with Crippen molar-refractivity contribution in [1.29, 1.82) is 0 Å². The molecule has 5 nitrogen and oxygen atoms in total. The van der Waals surface area contributed by atoms with Crippen LogP contribution in [0.3, 0.4) is 0 Å². The molecule has 1 aromatic heterocycles. The summed E-state index contributed by atoms with van der Waals surface area (Å²) < 4.78 is 4.88. The Morgan fingerprint density at radius 3 is 2.45 bits per heavy atom. The molecule has 0 bridgehead atoms. The van der Waals surface area contributed by atoms with Crippen LogP contribution in [0.2, 0.25) is 0 Å². The highest BCUT2D eigenvalue weighted by Gasteiger charge is 2.16. The number of nitrogens with zero attached hydrogens (tertiary/aromatic N) is 2. The van der Waals surface area contributed by atoms with E-state index in [0.717, 1.165) is 11.3 Å². The van der Waals surface area contributed by atoms with Gasteiger partial charge in [0.25, 0.3) is 0 Å². The number of hydrogen-bond donors (Lipinski definition) is 1. The second kappa shape index (κ2) is 9.80. The molecule has 0 fully saturated rings. The van der Waals surface area contributed by atoms with Crippen molar-refractivity contribution in [2.75, 3.05) is 12.4 Å². The van der Waals surface area contributed by atoms with E-state index in [1.807, 2.05) is 35.2 Å². The molecule has 0 amide bonds. The van der Waals surface area contributed by atoms with E-state index in [1.165, 1.54) is 12.7 Å². The van der Waals surface area contributed by atoms with E-state index >= 15 is 0 Å². The van der Waals surface area contributed by atoms with Crippen molar-refractivity contribution in [2.45, 2.75) is 20.0 Å². The number of esters is 1. The number of carbonyl (C=O) groups is 1. The summed E-state index contributed by atoms with van der Waals surface area (Å²) in [6.45, 7) is 3.22. The minimum Gasteiger partial charge on any atom is -0.465 e. The number of methoxy groups -OCH3 is 1. The number of ether oxygens (including phenoxy) is 1. The molecule has 0 saturated heterocycles. The van der Waals surface area contributed by atoms with Crippen LogP contribution in [0.25, 0.3) is 0 Å². The lowest BCUT2D eigenvalue weighted by molar-refractivity contribution is 0.0602. The van der Waals surface area contributed by atoms with E-state index in [4.69, 9.17) is 17.0 Å². The molecule has 29 heavy (non-hydrogen) atoms. The molecule has 0 spiro atoms. The van der Waals surface area contributed by atoms with Gasteiger partial charge in [0.05, 0.1) is 30.6 Å². The van der Waals surface area contributed by atoms with E-state index in [-0.39, 0.29) is 0 Å². The highest BCUT2D eigenvalue weighted by Crippen LogP contribution is 2.18. The summed E-state index contributed by atoms with van der Waals surface area (Å²) in [7, 11) is 1.36. The number of rotatable bonds is 6. The van der Waals surface area contributed by atoms with Gasteiger partial charge in [0.2, 0.25) is 0 Å². The van der Waals surface area contributed by atoms with Gasteiger partial charge in [-0.05, 0) is 49.0 Å². The lowest BCUT2D eigenvalue weighted by atomic mass is 10.1. The monoisotopic (exact) mass is 405 g/mol. The van der Waals surface area contributed by atoms with Crippen LogP contribution < -0.4 is 5.32 Å². The zero-order valence-electron chi connectivity index (χ0n) is 16.5. The normalized spacial score (nSPS) is 10.3. The summed E-state index contributed by atoms with van der Waals surface area (Å²) in [6, 6.07) is 21.3. The van der Waals surface area contributed by atoms with Gasteiger partial charge in [-0.25, -0.2) is 4.79 Å². The Hall–Kier alpha value is -3.25. The number of hydrogen-bond acceptors (Lipinski definition) is 4. The predicted molar refractivity (Wildman–Crippen MR) is 119 cm³/mol. The first kappa shape index (κ1) is 20.5. The third-order valence-electron chi connectivity index (χ3n) is 4.43. The average molecular weight is 406 g/mol. The zero-order valence-corrected chi connectivity index (χ0v) is 17.3. The summed E-state index contributed by atoms with van der Waals surface area (Å²) in [6.07, 6.45) is 1.77. The molecule has 6 heteroatoms.